The van der Waals surface area contributed by atoms with E-state index >= 15 is 0 Å². The highest BCUT2D eigenvalue weighted by molar-refractivity contribution is 6.59. The summed E-state index contributed by atoms with van der Waals surface area (Å²) in [6.07, 6.45) is 0. The van der Waals surface area contributed by atoms with Crippen molar-refractivity contribution in [3.05, 3.63) is 246 Å². The van der Waals surface area contributed by atoms with Gasteiger partial charge in [0.25, 0.3) is 0 Å². The van der Waals surface area contributed by atoms with Crippen LogP contribution in [0.1, 0.15) is 0 Å². The Morgan fingerprint density at radius 3 is 1.06 bits per heavy atom. The molecule has 0 radical (unpaired) electrons. The van der Waals surface area contributed by atoms with Gasteiger partial charge in [-0.15, -0.1) is 0 Å². The molecule has 0 unspecified atom stereocenters. The Morgan fingerprint density at radius 2 is 0.636 bits per heavy atom. The van der Waals surface area contributed by atoms with E-state index in [0.717, 1.165) is 44.9 Å². The number of hydrogen-bond donors (Lipinski definition) is 2. The lowest BCUT2D eigenvalue weighted by Gasteiger charge is -2.10. The highest BCUT2D eigenvalue weighted by atomic mass is 35.5. The molecule has 66 heavy (non-hydrogen) atoms. The molecule has 0 aliphatic rings. The maximum Gasteiger partial charge on any atom is 0.488 e. The van der Waals surface area contributed by atoms with Crippen LogP contribution in [0.2, 0.25) is 15.2 Å². The highest BCUT2D eigenvalue weighted by Gasteiger charge is 2.13. The minimum atomic E-state index is -1.43. The van der Waals surface area contributed by atoms with Gasteiger partial charge >= 0.3 is 7.12 Å². The second kappa shape index (κ2) is 22.1. The third kappa shape index (κ3) is 12.1. The summed E-state index contributed by atoms with van der Waals surface area (Å²) in [4.78, 5) is 18.7. The standard InChI is InChI=1S/C28H19ClN2.C22H15ClN2.C6H6BClO2/c29-25-13-7-12-24(18-25)27-19-26(30-28(31-27)23-10-5-2-6-11-23)22-16-14-21(15-17-22)20-8-3-1-4-9-20;23-21-15-20(24-22(25-21)19-9-5-2-6-10-19)18-13-11-17(12-14-18)16-7-3-1-4-8-16;8-6-3-1-2-5(4-6)7(9)10/h1-19H;1-15H;1-4,9-10H. The zero-order valence-corrected chi connectivity index (χ0v) is 37.6. The minimum Gasteiger partial charge on any atom is -0.423 e. The lowest BCUT2D eigenvalue weighted by Crippen LogP contribution is -2.29. The van der Waals surface area contributed by atoms with Crippen molar-refractivity contribution in [3.8, 4) is 78.8 Å². The van der Waals surface area contributed by atoms with E-state index in [4.69, 9.17) is 54.8 Å². The topological polar surface area (TPSA) is 92.0 Å². The Kier molecular flexibility index (Phi) is 15.2. The predicted molar refractivity (Wildman–Crippen MR) is 273 cm³/mol. The zero-order chi connectivity index (χ0) is 45.7. The Morgan fingerprint density at radius 1 is 0.288 bits per heavy atom. The first kappa shape index (κ1) is 45.3. The molecule has 0 saturated heterocycles. The van der Waals surface area contributed by atoms with Crippen LogP contribution in [0, 0.1) is 0 Å². The van der Waals surface area contributed by atoms with Gasteiger partial charge in [0.05, 0.1) is 17.1 Å². The van der Waals surface area contributed by atoms with Crippen LogP contribution >= 0.6 is 34.8 Å². The van der Waals surface area contributed by atoms with Crippen LogP contribution in [0.3, 0.4) is 0 Å². The largest absolute Gasteiger partial charge is 0.488 e. The summed E-state index contributed by atoms with van der Waals surface area (Å²) in [5.74, 6) is 1.33. The summed E-state index contributed by atoms with van der Waals surface area (Å²) in [5.41, 5.74) is 12.7. The summed E-state index contributed by atoms with van der Waals surface area (Å²) >= 11 is 18.0. The van der Waals surface area contributed by atoms with Gasteiger partial charge in [-0.25, -0.2) is 19.9 Å². The smallest absolute Gasteiger partial charge is 0.423 e. The monoisotopic (exact) mass is 916 g/mol. The molecule has 2 aromatic heterocycles. The normalized spacial score (nSPS) is 10.5. The molecule has 2 heterocycles. The van der Waals surface area contributed by atoms with Gasteiger partial charge < -0.3 is 10.0 Å². The van der Waals surface area contributed by atoms with Crippen molar-refractivity contribution in [1.82, 2.24) is 19.9 Å². The number of rotatable bonds is 8. The molecule has 0 amide bonds. The van der Waals surface area contributed by atoms with Gasteiger partial charge in [-0.2, -0.15) is 0 Å². The highest BCUT2D eigenvalue weighted by Crippen LogP contribution is 2.31. The molecule has 2 N–H and O–H groups in total. The fraction of sp³-hybridized carbons (Fsp3) is 0. The van der Waals surface area contributed by atoms with Crippen molar-refractivity contribution >= 4 is 47.4 Å². The second-order valence-electron chi connectivity index (χ2n) is 14.9. The summed E-state index contributed by atoms with van der Waals surface area (Å²) in [5, 5.41) is 18.9. The lowest BCUT2D eigenvalue weighted by atomic mass is 9.81. The van der Waals surface area contributed by atoms with Gasteiger partial charge in [-0.05, 0) is 58.0 Å². The minimum absolute atomic E-state index is 0.410. The molecular formula is C56H40BCl3N4O2. The van der Waals surface area contributed by atoms with Crippen molar-refractivity contribution in [2.24, 2.45) is 0 Å². The number of aromatic nitrogens is 4. The van der Waals surface area contributed by atoms with E-state index in [1.54, 1.807) is 24.3 Å². The quantitative estimate of drug-likeness (QED) is 0.117. The number of hydrogen-bond acceptors (Lipinski definition) is 6. The van der Waals surface area contributed by atoms with E-state index in [1.165, 1.54) is 28.3 Å². The fourth-order valence-corrected chi connectivity index (χ4v) is 7.56. The van der Waals surface area contributed by atoms with Crippen molar-refractivity contribution < 1.29 is 10.0 Å². The second-order valence-corrected chi connectivity index (χ2v) is 16.2. The third-order valence-corrected chi connectivity index (χ3v) is 11.0. The SMILES string of the molecule is Clc1cc(-c2ccc(-c3ccccc3)cc2)nc(-c2ccccc2)n1.Clc1cccc(-c2cc(-c3ccc(-c4ccccc4)cc3)nc(-c3ccccc3)n2)c1.OB(O)c1cccc(Cl)c1. The van der Waals surface area contributed by atoms with E-state index in [2.05, 4.69) is 94.9 Å². The van der Waals surface area contributed by atoms with E-state index in [1.807, 2.05) is 115 Å². The van der Waals surface area contributed by atoms with Gasteiger partial charge in [0.2, 0.25) is 0 Å². The Labute approximate surface area is 399 Å². The maximum atomic E-state index is 8.65. The van der Waals surface area contributed by atoms with Crippen molar-refractivity contribution in [2.75, 3.05) is 0 Å². The summed E-state index contributed by atoms with van der Waals surface area (Å²) in [6, 6.07) is 75.4. The summed E-state index contributed by atoms with van der Waals surface area (Å²) < 4.78 is 0. The van der Waals surface area contributed by atoms with Crippen LogP contribution < -0.4 is 5.46 Å². The predicted octanol–water partition coefficient (Wildman–Crippen LogP) is 13.9. The van der Waals surface area contributed by atoms with Crippen LogP contribution in [-0.4, -0.2) is 37.1 Å². The van der Waals surface area contributed by atoms with E-state index in [0.29, 0.717) is 32.3 Å². The Hall–Kier alpha value is -7.23. The zero-order valence-electron chi connectivity index (χ0n) is 35.3. The van der Waals surface area contributed by atoms with Crippen LogP contribution in [0.15, 0.2) is 231 Å². The van der Waals surface area contributed by atoms with Crippen molar-refractivity contribution in [3.63, 3.8) is 0 Å². The van der Waals surface area contributed by atoms with E-state index < -0.39 is 7.12 Å². The van der Waals surface area contributed by atoms with Crippen LogP contribution in [-0.2, 0) is 0 Å². The Bertz CT molecular complexity index is 3130. The summed E-state index contributed by atoms with van der Waals surface area (Å²) in [6.45, 7) is 0. The molecule has 10 heteroatoms. The molecule has 10 aromatic rings. The average molecular weight is 918 g/mol. The van der Waals surface area contributed by atoms with Gasteiger partial charge in [0.15, 0.2) is 11.6 Å². The van der Waals surface area contributed by atoms with Gasteiger partial charge in [0, 0.05) is 43.9 Å². The number of benzene rings is 8. The van der Waals surface area contributed by atoms with Gasteiger partial charge in [-0.3, -0.25) is 0 Å². The molecule has 0 bridgehead atoms. The molecule has 0 aliphatic heterocycles. The molecule has 0 spiro atoms. The molecule has 6 nitrogen and oxygen atoms in total. The maximum absolute atomic E-state index is 8.65. The molecule has 0 saturated carbocycles. The first-order valence-corrected chi connectivity index (χ1v) is 22.1. The molecule has 10 rings (SSSR count). The summed E-state index contributed by atoms with van der Waals surface area (Å²) in [7, 11) is -1.43. The first-order valence-electron chi connectivity index (χ1n) is 21.0. The van der Waals surface area contributed by atoms with Crippen molar-refractivity contribution in [1.29, 1.82) is 0 Å². The molecule has 0 fully saturated rings. The lowest BCUT2D eigenvalue weighted by molar-refractivity contribution is 0.426. The number of nitrogens with zero attached hydrogens (tertiary/aromatic N) is 4. The first-order chi connectivity index (χ1) is 32.3. The molecular weight excluding hydrogens is 878 g/mol. The van der Waals surface area contributed by atoms with Gasteiger partial charge in [-0.1, -0.05) is 229 Å². The molecule has 8 aromatic carbocycles. The molecule has 320 valence electrons. The molecule has 0 atom stereocenters. The van der Waals surface area contributed by atoms with Crippen LogP contribution in [0.5, 0.6) is 0 Å². The fourth-order valence-electron chi connectivity index (χ4n) is 6.98. The van der Waals surface area contributed by atoms with Gasteiger partial charge in [0.1, 0.15) is 5.15 Å². The Balaban J connectivity index is 0.000000151. The van der Waals surface area contributed by atoms with Crippen LogP contribution in [0.25, 0.3) is 78.8 Å². The van der Waals surface area contributed by atoms with E-state index in [9.17, 15) is 0 Å². The average Bonchev–Trinajstić information content (AvgIpc) is 3.37. The van der Waals surface area contributed by atoms with Crippen LogP contribution in [0.4, 0.5) is 0 Å². The molecule has 0 aliphatic carbocycles. The van der Waals surface area contributed by atoms with Crippen molar-refractivity contribution in [2.45, 2.75) is 0 Å². The third-order valence-electron chi connectivity index (χ3n) is 10.3. The van der Waals surface area contributed by atoms with E-state index in [-0.39, 0.29) is 0 Å². The number of halogens is 3.